The van der Waals surface area contributed by atoms with E-state index < -0.39 is 0 Å². The maximum Gasteiger partial charge on any atom is 0.251 e. The molecule has 2 N–H and O–H groups in total. The molecular weight excluding hydrogens is 308 g/mol. The molecule has 0 spiro atoms. The van der Waals surface area contributed by atoms with Gasteiger partial charge in [0.05, 0.1) is 0 Å². The number of halogens is 1. The van der Waals surface area contributed by atoms with Gasteiger partial charge >= 0.3 is 0 Å². The van der Waals surface area contributed by atoms with Gasteiger partial charge in [0, 0.05) is 23.6 Å². The van der Waals surface area contributed by atoms with Crippen molar-refractivity contribution in [3.05, 3.63) is 35.4 Å². The van der Waals surface area contributed by atoms with Crippen molar-refractivity contribution in [2.45, 2.75) is 62.9 Å². The van der Waals surface area contributed by atoms with Crippen LogP contribution in [-0.2, 0) is 0 Å². The molecule has 3 fully saturated rings. The average molecular weight is 335 g/mol. The van der Waals surface area contributed by atoms with Crippen LogP contribution >= 0.6 is 12.4 Å². The molecule has 1 aromatic carbocycles. The highest BCUT2D eigenvalue weighted by Crippen LogP contribution is 2.41. The molecule has 3 aliphatic carbocycles. The van der Waals surface area contributed by atoms with Crippen molar-refractivity contribution in [3.63, 3.8) is 0 Å². The quantitative estimate of drug-likeness (QED) is 0.834. The molecule has 0 aromatic heterocycles. The smallest absolute Gasteiger partial charge is 0.251 e. The van der Waals surface area contributed by atoms with Gasteiger partial charge in [0.2, 0.25) is 0 Å². The molecule has 23 heavy (non-hydrogen) atoms. The van der Waals surface area contributed by atoms with E-state index in [-0.39, 0.29) is 18.3 Å². The highest BCUT2D eigenvalue weighted by Gasteiger charge is 2.39. The molecule has 0 heterocycles. The number of carbonyl (C=O) groups is 1. The number of nitrogens with one attached hydrogen (secondary N) is 2. The zero-order chi connectivity index (χ0) is 14.9. The highest BCUT2D eigenvalue weighted by molar-refractivity contribution is 5.94. The largest absolute Gasteiger partial charge is 0.349 e. The summed E-state index contributed by atoms with van der Waals surface area (Å²) in [5.41, 5.74) is 2.16. The number of rotatable bonds is 6. The van der Waals surface area contributed by atoms with Gasteiger partial charge in [-0.05, 0) is 62.3 Å². The fraction of sp³-hybridized carbons (Fsp3) is 0.632. The van der Waals surface area contributed by atoms with Crippen LogP contribution in [0.4, 0.5) is 0 Å². The Labute approximate surface area is 145 Å². The molecule has 0 bridgehead atoms. The second-order valence-electron chi connectivity index (χ2n) is 7.38. The second-order valence-corrected chi connectivity index (χ2v) is 7.38. The molecule has 0 unspecified atom stereocenters. The summed E-state index contributed by atoms with van der Waals surface area (Å²) in [7, 11) is 0. The van der Waals surface area contributed by atoms with Crippen molar-refractivity contribution >= 4 is 18.3 Å². The molecule has 4 heteroatoms. The van der Waals surface area contributed by atoms with Crippen LogP contribution in [0.1, 0.15) is 66.8 Å². The monoisotopic (exact) mass is 334 g/mol. The molecule has 1 aromatic rings. The fourth-order valence-electron chi connectivity index (χ4n) is 3.68. The molecule has 0 saturated heterocycles. The molecule has 126 valence electrons. The average Bonchev–Trinajstić information content (AvgIpc) is 3.45. The number of hydrogen-bond donors (Lipinski definition) is 2. The summed E-state index contributed by atoms with van der Waals surface area (Å²) < 4.78 is 0. The van der Waals surface area contributed by atoms with Crippen LogP contribution in [-0.4, -0.2) is 24.5 Å². The predicted molar refractivity (Wildman–Crippen MR) is 95.3 cm³/mol. The van der Waals surface area contributed by atoms with Crippen LogP contribution in [0.3, 0.4) is 0 Å². The van der Waals surface area contributed by atoms with Gasteiger partial charge in [0.25, 0.3) is 5.91 Å². The first-order valence-electron chi connectivity index (χ1n) is 8.94. The molecule has 0 radical (unpaired) electrons. The van der Waals surface area contributed by atoms with Gasteiger partial charge < -0.3 is 10.6 Å². The lowest BCUT2D eigenvalue weighted by Crippen LogP contribution is -2.32. The Morgan fingerprint density at radius 1 is 1.13 bits per heavy atom. The Morgan fingerprint density at radius 3 is 2.65 bits per heavy atom. The maximum absolute atomic E-state index is 12.4. The molecule has 1 amide bonds. The third-order valence-corrected chi connectivity index (χ3v) is 5.42. The first-order valence-corrected chi connectivity index (χ1v) is 8.94. The van der Waals surface area contributed by atoms with Crippen molar-refractivity contribution in [2.75, 3.05) is 6.54 Å². The van der Waals surface area contributed by atoms with Crippen LogP contribution in [0.2, 0.25) is 0 Å². The third kappa shape index (κ3) is 4.27. The van der Waals surface area contributed by atoms with Gasteiger partial charge in [0.1, 0.15) is 0 Å². The fourth-order valence-corrected chi connectivity index (χ4v) is 3.68. The predicted octanol–water partition coefficient (Wildman–Crippen LogP) is 3.64. The van der Waals surface area contributed by atoms with E-state index in [1.54, 1.807) is 0 Å². The van der Waals surface area contributed by atoms with Gasteiger partial charge in [-0.25, -0.2) is 0 Å². The molecule has 3 saturated carbocycles. The minimum Gasteiger partial charge on any atom is -0.349 e. The number of benzene rings is 1. The van der Waals surface area contributed by atoms with Gasteiger partial charge in [0.15, 0.2) is 0 Å². The highest BCUT2D eigenvalue weighted by atomic mass is 35.5. The molecule has 3 nitrogen and oxygen atoms in total. The van der Waals surface area contributed by atoms with Crippen molar-refractivity contribution in [3.8, 4) is 0 Å². The van der Waals surface area contributed by atoms with E-state index in [4.69, 9.17) is 0 Å². The maximum atomic E-state index is 12.4. The SMILES string of the molecule is Cl.O=C(NC1CCCC1)c1cccc([C@@H]2C[C@H]2NCC2CC2)c1. The lowest BCUT2D eigenvalue weighted by Gasteiger charge is -2.12. The molecule has 4 rings (SSSR count). The summed E-state index contributed by atoms with van der Waals surface area (Å²) in [5.74, 6) is 1.65. The van der Waals surface area contributed by atoms with E-state index >= 15 is 0 Å². The van der Waals surface area contributed by atoms with E-state index in [2.05, 4.69) is 22.8 Å². The summed E-state index contributed by atoms with van der Waals surface area (Å²) in [4.78, 5) is 12.4. The molecule has 3 aliphatic rings. The number of carbonyl (C=O) groups excluding carboxylic acids is 1. The Morgan fingerprint density at radius 2 is 1.91 bits per heavy atom. The Hall–Kier alpha value is -1.06. The first-order chi connectivity index (χ1) is 10.8. The third-order valence-electron chi connectivity index (χ3n) is 5.42. The van der Waals surface area contributed by atoms with Crippen LogP contribution in [0.5, 0.6) is 0 Å². The standard InChI is InChI=1S/C19H26N2O.ClH/c22-19(21-16-6-1-2-7-16)15-5-3-4-14(10-15)17-11-18(17)20-12-13-8-9-13;/h3-5,10,13,16-18,20H,1-2,6-9,11-12H2,(H,21,22);1H/t17-,18+;/m0./s1. The summed E-state index contributed by atoms with van der Waals surface area (Å²) in [6, 6.07) is 9.29. The van der Waals surface area contributed by atoms with Crippen molar-refractivity contribution in [1.29, 1.82) is 0 Å². The van der Waals surface area contributed by atoms with Gasteiger partial charge in [-0.15, -0.1) is 12.4 Å². The Kier molecular flexibility index (Phi) is 5.27. The number of amides is 1. The summed E-state index contributed by atoms with van der Waals surface area (Å²) in [6.07, 6.45) is 8.81. The molecule has 2 atom stereocenters. The Bertz CT molecular complexity index is 552. The van der Waals surface area contributed by atoms with Gasteiger partial charge in [-0.1, -0.05) is 25.0 Å². The van der Waals surface area contributed by atoms with Crippen molar-refractivity contribution in [1.82, 2.24) is 10.6 Å². The topological polar surface area (TPSA) is 41.1 Å². The number of hydrogen-bond acceptors (Lipinski definition) is 2. The van der Waals surface area contributed by atoms with Crippen LogP contribution < -0.4 is 10.6 Å². The van der Waals surface area contributed by atoms with E-state index in [0.29, 0.717) is 18.0 Å². The van der Waals surface area contributed by atoms with Crippen molar-refractivity contribution < 1.29 is 4.79 Å². The zero-order valence-electron chi connectivity index (χ0n) is 13.6. The molecular formula is C19H27ClN2O. The second kappa shape index (κ2) is 7.23. The van der Waals surface area contributed by atoms with E-state index in [1.807, 2.05) is 12.1 Å². The van der Waals surface area contributed by atoms with Crippen molar-refractivity contribution in [2.24, 2.45) is 5.92 Å². The summed E-state index contributed by atoms with van der Waals surface area (Å²) in [5, 5.41) is 6.86. The van der Waals surface area contributed by atoms with Gasteiger partial charge in [-0.2, -0.15) is 0 Å². The van der Waals surface area contributed by atoms with E-state index in [1.165, 1.54) is 44.2 Å². The van der Waals surface area contributed by atoms with Crippen LogP contribution in [0.15, 0.2) is 24.3 Å². The first kappa shape index (κ1) is 16.8. The van der Waals surface area contributed by atoms with Crippen LogP contribution in [0, 0.1) is 5.92 Å². The normalized spacial score (nSPS) is 26.6. The lowest BCUT2D eigenvalue weighted by molar-refractivity contribution is 0.0938. The zero-order valence-corrected chi connectivity index (χ0v) is 14.4. The Balaban J connectivity index is 0.00000156. The summed E-state index contributed by atoms with van der Waals surface area (Å²) in [6.45, 7) is 1.18. The molecule has 0 aliphatic heterocycles. The van der Waals surface area contributed by atoms with Gasteiger partial charge in [-0.3, -0.25) is 4.79 Å². The summed E-state index contributed by atoms with van der Waals surface area (Å²) >= 11 is 0. The van der Waals surface area contributed by atoms with Crippen LogP contribution in [0.25, 0.3) is 0 Å². The minimum absolute atomic E-state index is 0. The van der Waals surface area contributed by atoms with E-state index in [9.17, 15) is 4.79 Å². The van der Waals surface area contributed by atoms with E-state index in [0.717, 1.165) is 24.3 Å². The minimum atomic E-state index is 0. The lowest BCUT2D eigenvalue weighted by atomic mass is 10.1.